The van der Waals surface area contributed by atoms with E-state index in [4.69, 9.17) is 4.74 Å². The van der Waals surface area contributed by atoms with Crippen LogP contribution in [0.4, 0.5) is 4.79 Å². The fraction of sp³-hybridized carbons (Fsp3) is 0.929. The van der Waals surface area contributed by atoms with Crippen molar-refractivity contribution in [3.8, 4) is 0 Å². The van der Waals surface area contributed by atoms with Gasteiger partial charge in [-0.2, -0.15) is 0 Å². The van der Waals surface area contributed by atoms with Crippen molar-refractivity contribution in [2.45, 2.75) is 58.1 Å². The first kappa shape index (κ1) is 16.2. The first-order chi connectivity index (χ1) is 8.92. The van der Waals surface area contributed by atoms with E-state index in [2.05, 4.69) is 10.2 Å². The molecule has 112 valence electrons. The molecule has 0 aliphatic carbocycles. The summed E-state index contributed by atoms with van der Waals surface area (Å²) < 4.78 is 5.16. The maximum Gasteiger partial charge on any atom is 0.407 e. The predicted octanol–water partition coefficient (Wildman–Crippen LogP) is 1.75. The van der Waals surface area contributed by atoms with Gasteiger partial charge in [0.25, 0.3) is 0 Å². The molecule has 0 bridgehead atoms. The summed E-state index contributed by atoms with van der Waals surface area (Å²) in [6.45, 7) is 8.56. The number of aliphatic hydroxyl groups excluding tert-OH is 1. The molecule has 0 aromatic carbocycles. The molecule has 0 aromatic rings. The molecule has 1 aliphatic heterocycles. The molecule has 1 heterocycles. The van der Waals surface area contributed by atoms with E-state index >= 15 is 0 Å². The van der Waals surface area contributed by atoms with Crippen LogP contribution in [0, 0.1) is 0 Å². The second-order valence-electron chi connectivity index (χ2n) is 6.15. The zero-order chi connectivity index (χ0) is 14.3. The topological polar surface area (TPSA) is 61.8 Å². The molecule has 2 N–H and O–H groups in total. The smallest absolute Gasteiger partial charge is 0.407 e. The number of nitrogens with zero attached hydrogens (tertiary/aromatic N) is 1. The van der Waals surface area contributed by atoms with Crippen molar-refractivity contribution in [3.05, 3.63) is 0 Å². The Morgan fingerprint density at radius 3 is 2.79 bits per heavy atom. The Bertz CT molecular complexity index is 276. The van der Waals surface area contributed by atoms with Crippen LogP contribution in [0.2, 0.25) is 0 Å². The van der Waals surface area contributed by atoms with Crippen LogP contribution in [-0.4, -0.2) is 54.0 Å². The van der Waals surface area contributed by atoms with E-state index in [1.54, 1.807) is 0 Å². The third-order valence-electron chi connectivity index (χ3n) is 3.25. The van der Waals surface area contributed by atoms with Crippen molar-refractivity contribution in [1.29, 1.82) is 0 Å². The first-order valence-corrected chi connectivity index (χ1v) is 7.24. The van der Waals surface area contributed by atoms with Gasteiger partial charge in [0.2, 0.25) is 0 Å². The Kier molecular flexibility index (Phi) is 6.58. The minimum absolute atomic E-state index is 0.260. The fourth-order valence-electron chi connectivity index (χ4n) is 2.34. The number of carbonyl (C=O) groups excluding carboxylic acids is 1. The van der Waals surface area contributed by atoms with Gasteiger partial charge in [0.05, 0.1) is 6.61 Å². The van der Waals surface area contributed by atoms with Gasteiger partial charge < -0.3 is 15.2 Å². The number of hydrogen-bond donors (Lipinski definition) is 2. The lowest BCUT2D eigenvalue weighted by atomic mass is 10.2. The van der Waals surface area contributed by atoms with E-state index in [-0.39, 0.29) is 12.7 Å². The van der Waals surface area contributed by atoms with Gasteiger partial charge >= 0.3 is 6.09 Å². The SMILES string of the molecule is CC(C)(C)OC(=O)NCCCCN1CCCC1CO. The van der Waals surface area contributed by atoms with Crippen LogP contribution in [-0.2, 0) is 4.74 Å². The van der Waals surface area contributed by atoms with Gasteiger partial charge in [-0.25, -0.2) is 4.79 Å². The van der Waals surface area contributed by atoms with Crippen molar-refractivity contribution in [1.82, 2.24) is 10.2 Å². The van der Waals surface area contributed by atoms with Gasteiger partial charge in [0, 0.05) is 12.6 Å². The van der Waals surface area contributed by atoms with Crippen LogP contribution in [0.15, 0.2) is 0 Å². The highest BCUT2D eigenvalue weighted by molar-refractivity contribution is 5.67. The second kappa shape index (κ2) is 7.70. The van der Waals surface area contributed by atoms with E-state index in [1.807, 2.05) is 20.8 Å². The second-order valence-corrected chi connectivity index (χ2v) is 6.15. The van der Waals surface area contributed by atoms with Crippen molar-refractivity contribution in [3.63, 3.8) is 0 Å². The van der Waals surface area contributed by atoms with Crippen molar-refractivity contribution >= 4 is 6.09 Å². The van der Waals surface area contributed by atoms with E-state index in [9.17, 15) is 9.90 Å². The van der Waals surface area contributed by atoms with Crippen LogP contribution in [0.3, 0.4) is 0 Å². The molecule has 1 atom stereocenters. The Hall–Kier alpha value is -0.810. The van der Waals surface area contributed by atoms with Gasteiger partial charge in [0.1, 0.15) is 5.60 Å². The first-order valence-electron chi connectivity index (χ1n) is 7.24. The van der Waals surface area contributed by atoms with Crippen LogP contribution in [0.25, 0.3) is 0 Å². The standard InChI is InChI=1S/C14H28N2O3/c1-14(2,3)19-13(18)15-8-4-5-9-16-10-6-7-12(16)11-17/h12,17H,4-11H2,1-3H3,(H,15,18). The summed E-state index contributed by atoms with van der Waals surface area (Å²) in [4.78, 5) is 13.7. The molecule has 1 fully saturated rings. The molecule has 1 rings (SSSR count). The highest BCUT2D eigenvalue weighted by Gasteiger charge is 2.22. The lowest BCUT2D eigenvalue weighted by molar-refractivity contribution is 0.0526. The average Bonchev–Trinajstić information content (AvgIpc) is 2.73. The summed E-state index contributed by atoms with van der Waals surface area (Å²) in [5.41, 5.74) is -0.437. The van der Waals surface area contributed by atoms with Gasteiger partial charge in [-0.1, -0.05) is 0 Å². The number of amides is 1. The number of unbranched alkanes of at least 4 members (excludes halogenated alkanes) is 1. The molecule has 0 radical (unpaired) electrons. The molecule has 1 saturated heterocycles. The molecule has 19 heavy (non-hydrogen) atoms. The maximum absolute atomic E-state index is 11.4. The maximum atomic E-state index is 11.4. The number of ether oxygens (including phenoxy) is 1. The fourth-order valence-corrected chi connectivity index (χ4v) is 2.34. The molecule has 0 aromatic heterocycles. The normalized spacial score (nSPS) is 20.5. The van der Waals surface area contributed by atoms with Crippen molar-refractivity contribution in [2.75, 3.05) is 26.2 Å². The summed E-state index contributed by atoms with van der Waals surface area (Å²) >= 11 is 0. The summed E-state index contributed by atoms with van der Waals surface area (Å²) in [6.07, 6.45) is 3.91. The van der Waals surface area contributed by atoms with Gasteiger partial charge in [-0.15, -0.1) is 0 Å². The van der Waals surface area contributed by atoms with E-state index in [0.717, 1.165) is 32.4 Å². The molecule has 1 amide bonds. The lowest BCUT2D eigenvalue weighted by Gasteiger charge is -2.22. The number of aliphatic hydroxyl groups is 1. The molecule has 1 aliphatic rings. The highest BCUT2D eigenvalue weighted by atomic mass is 16.6. The van der Waals surface area contributed by atoms with Gasteiger partial charge in [0.15, 0.2) is 0 Å². The van der Waals surface area contributed by atoms with Crippen LogP contribution >= 0.6 is 0 Å². The molecule has 1 unspecified atom stereocenters. The molecule has 0 spiro atoms. The van der Waals surface area contributed by atoms with E-state index < -0.39 is 5.60 Å². The quantitative estimate of drug-likeness (QED) is 0.723. The third-order valence-corrected chi connectivity index (χ3v) is 3.25. The zero-order valence-corrected chi connectivity index (χ0v) is 12.4. The van der Waals surface area contributed by atoms with Crippen LogP contribution in [0.5, 0.6) is 0 Å². The van der Waals surface area contributed by atoms with Crippen molar-refractivity contribution in [2.24, 2.45) is 0 Å². The molecule has 0 saturated carbocycles. The van der Waals surface area contributed by atoms with E-state index in [0.29, 0.717) is 12.6 Å². The number of hydrogen-bond acceptors (Lipinski definition) is 4. The van der Waals surface area contributed by atoms with E-state index in [1.165, 1.54) is 6.42 Å². The molecule has 5 nitrogen and oxygen atoms in total. The highest BCUT2D eigenvalue weighted by Crippen LogP contribution is 2.16. The third kappa shape index (κ3) is 6.78. The minimum atomic E-state index is -0.437. The van der Waals surface area contributed by atoms with Gasteiger partial charge in [-0.05, 0) is 59.5 Å². The summed E-state index contributed by atoms with van der Waals surface area (Å²) in [5, 5.41) is 12.0. The number of alkyl carbamates (subject to hydrolysis) is 1. The van der Waals surface area contributed by atoms with Crippen molar-refractivity contribution < 1.29 is 14.6 Å². The number of likely N-dealkylation sites (tertiary alicyclic amines) is 1. The Balaban J connectivity index is 2.03. The molecular weight excluding hydrogens is 244 g/mol. The monoisotopic (exact) mass is 272 g/mol. The number of rotatable bonds is 6. The van der Waals surface area contributed by atoms with Crippen LogP contribution in [0.1, 0.15) is 46.5 Å². The predicted molar refractivity (Wildman–Crippen MR) is 75.2 cm³/mol. The van der Waals surface area contributed by atoms with Gasteiger partial charge in [-0.3, -0.25) is 4.90 Å². The number of nitrogens with one attached hydrogen (secondary N) is 1. The summed E-state index contributed by atoms with van der Waals surface area (Å²) in [6, 6.07) is 0.346. The summed E-state index contributed by atoms with van der Waals surface area (Å²) in [7, 11) is 0. The summed E-state index contributed by atoms with van der Waals surface area (Å²) in [5.74, 6) is 0. The Morgan fingerprint density at radius 2 is 2.16 bits per heavy atom. The lowest BCUT2D eigenvalue weighted by Crippen LogP contribution is -2.34. The largest absolute Gasteiger partial charge is 0.444 e. The number of carbonyl (C=O) groups is 1. The average molecular weight is 272 g/mol. The molecular formula is C14H28N2O3. The Morgan fingerprint density at radius 1 is 1.42 bits per heavy atom. The zero-order valence-electron chi connectivity index (χ0n) is 12.4. The van der Waals surface area contributed by atoms with Crippen LogP contribution < -0.4 is 5.32 Å². The Labute approximate surface area is 116 Å². The molecule has 5 heteroatoms. The minimum Gasteiger partial charge on any atom is -0.444 e.